The zero-order valence-electron chi connectivity index (χ0n) is 14.6. The van der Waals surface area contributed by atoms with Crippen LogP contribution in [0.4, 0.5) is 0 Å². The van der Waals surface area contributed by atoms with Crippen LogP contribution in [-0.4, -0.2) is 47.5 Å². The Labute approximate surface area is 178 Å². The van der Waals surface area contributed by atoms with Gasteiger partial charge in [-0.2, -0.15) is 0 Å². The van der Waals surface area contributed by atoms with E-state index in [1.807, 2.05) is 58.4 Å². The zero-order valence-corrected chi connectivity index (χ0v) is 18.5. The van der Waals surface area contributed by atoms with Crippen LogP contribution in [0.2, 0.25) is 5.02 Å². The summed E-state index contributed by atoms with van der Waals surface area (Å²) in [6.07, 6.45) is 4.03. The molecule has 0 saturated heterocycles. The van der Waals surface area contributed by atoms with Crippen LogP contribution >= 0.6 is 46.9 Å². The van der Waals surface area contributed by atoms with Gasteiger partial charge in [0.2, 0.25) is 0 Å². The fourth-order valence-corrected chi connectivity index (χ4v) is 3.20. The van der Waals surface area contributed by atoms with E-state index in [1.54, 1.807) is 18.4 Å². The smallest absolute Gasteiger partial charge is 0.193 e. The first-order valence-corrected chi connectivity index (χ1v) is 9.12. The molecule has 0 spiro atoms. The molecule has 6 nitrogen and oxygen atoms in total. The number of ether oxygens (including phenoxy) is 1. The van der Waals surface area contributed by atoms with Gasteiger partial charge in [0.15, 0.2) is 10.9 Å². The maximum absolute atomic E-state index is 5.87. The molecule has 140 valence electrons. The minimum absolute atomic E-state index is 0. The maximum atomic E-state index is 5.87. The lowest BCUT2D eigenvalue weighted by atomic mass is 10.3. The monoisotopic (exact) mass is 505 g/mol. The predicted octanol–water partition coefficient (Wildman–Crippen LogP) is 3.75. The van der Waals surface area contributed by atoms with Crippen molar-refractivity contribution in [1.29, 1.82) is 0 Å². The van der Waals surface area contributed by atoms with Crippen molar-refractivity contribution in [3.8, 4) is 5.75 Å². The fourth-order valence-electron chi connectivity index (χ4n) is 2.35. The van der Waals surface area contributed by atoms with Gasteiger partial charge in [0, 0.05) is 36.9 Å². The van der Waals surface area contributed by atoms with Crippen molar-refractivity contribution in [1.82, 2.24) is 19.6 Å². The van der Waals surface area contributed by atoms with Gasteiger partial charge in [0.25, 0.3) is 0 Å². The van der Waals surface area contributed by atoms with Crippen molar-refractivity contribution >= 4 is 57.8 Å². The van der Waals surface area contributed by atoms with E-state index in [9.17, 15) is 0 Å². The van der Waals surface area contributed by atoms with E-state index >= 15 is 0 Å². The highest BCUT2D eigenvalue weighted by Gasteiger charge is 2.08. The summed E-state index contributed by atoms with van der Waals surface area (Å²) in [6, 6.07) is 7.35. The van der Waals surface area contributed by atoms with Crippen LogP contribution in [0.3, 0.4) is 0 Å². The number of aliphatic imine (C=N–C) groups is 1. The first-order valence-electron chi connectivity index (χ1n) is 7.87. The van der Waals surface area contributed by atoms with Crippen molar-refractivity contribution in [2.45, 2.75) is 6.54 Å². The van der Waals surface area contributed by atoms with E-state index in [-0.39, 0.29) is 24.0 Å². The number of hydrogen-bond donors (Lipinski definition) is 1. The molecule has 1 aromatic carbocycles. The van der Waals surface area contributed by atoms with E-state index in [0.717, 1.165) is 22.4 Å². The van der Waals surface area contributed by atoms with Crippen LogP contribution in [0.15, 0.2) is 47.0 Å². The molecular formula is C17H21ClIN5OS. The molecule has 0 amide bonds. The Morgan fingerprint density at radius 3 is 2.85 bits per heavy atom. The number of imidazole rings is 1. The molecule has 0 aliphatic rings. The van der Waals surface area contributed by atoms with Crippen LogP contribution in [0.1, 0.15) is 5.69 Å². The quantitative estimate of drug-likeness (QED) is 0.315. The van der Waals surface area contributed by atoms with Gasteiger partial charge in [-0.1, -0.05) is 11.6 Å². The second-order valence-corrected chi connectivity index (χ2v) is 6.76. The van der Waals surface area contributed by atoms with Gasteiger partial charge in [0.05, 0.1) is 18.8 Å². The molecule has 0 radical (unpaired) electrons. The number of likely N-dealkylation sites (N-methyl/N-ethyl adjacent to an activating group) is 1. The molecule has 0 atom stereocenters. The third-order valence-electron chi connectivity index (χ3n) is 3.65. The van der Waals surface area contributed by atoms with E-state index < -0.39 is 0 Å². The van der Waals surface area contributed by atoms with Crippen molar-refractivity contribution in [2.24, 2.45) is 4.99 Å². The second-order valence-electron chi connectivity index (χ2n) is 5.45. The molecule has 0 aliphatic carbocycles. The van der Waals surface area contributed by atoms with Crippen LogP contribution < -0.4 is 10.1 Å². The highest BCUT2D eigenvalue weighted by atomic mass is 127. The Balaban J connectivity index is 0.00000243. The summed E-state index contributed by atoms with van der Waals surface area (Å²) < 4.78 is 7.74. The Morgan fingerprint density at radius 1 is 1.38 bits per heavy atom. The lowest BCUT2D eigenvalue weighted by Gasteiger charge is -2.21. The molecular weight excluding hydrogens is 485 g/mol. The number of guanidine groups is 1. The summed E-state index contributed by atoms with van der Waals surface area (Å²) in [6.45, 7) is 1.89. The predicted molar refractivity (Wildman–Crippen MR) is 118 cm³/mol. The average molecular weight is 506 g/mol. The highest BCUT2D eigenvalue weighted by Crippen LogP contribution is 2.15. The normalized spacial score (nSPS) is 11.3. The molecule has 0 saturated carbocycles. The molecule has 26 heavy (non-hydrogen) atoms. The highest BCUT2D eigenvalue weighted by molar-refractivity contribution is 14.0. The van der Waals surface area contributed by atoms with E-state index in [1.165, 1.54) is 0 Å². The van der Waals surface area contributed by atoms with E-state index in [4.69, 9.17) is 16.3 Å². The molecule has 0 fully saturated rings. The molecule has 9 heteroatoms. The van der Waals surface area contributed by atoms with Crippen LogP contribution in [-0.2, 0) is 6.54 Å². The number of fused-ring (bicyclic) bond motifs is 1. The third-order valence-corrected chi connectivity index (χ3v) is 4.68. The van der Waals surface area contributed by atoms with Gasteiger partial charge in [-0.15, -0.1) is 35.3 Å². The van der Waals surface area contributed by atoms with Crippen molar-refractivity contribution in [3.63, 3.8) is 0 Å². The zero-order chi connectivity index (χ0) is 17.6. The number of rotatable bonds is 6. The van der Waals surface area contributed by atoms with E-state index in [0.29, 0.717) is 24.7 Å². The van der Waals surface area contributed by atoms with Gasteiger partial charge in [-0.05, 0) is 24.3 Å². The largest absolute Gasteiger partial charge is 0.492 e. The Hall–Kier alpha value is -1.52. The fraction of sp³-hybridized carbons (Fsp3) is 0.294. The topological polar surface area (TPSA) is 54.2 Å². The third kappa shape index (κ3) is 5.49. The summed E-state index contributed by atoms with van der Waals surface area (Å²) in [7, 11) is 3.75. The molecule has 1 N–H and O–H groups in total. The molecule has 2 aromatic heterocycles. The number of halogens is 2. The summed E-state index contributed by atoms with van der Waals surface area (Å²) in [4.78, 5) is 11.9. The summed E-state index contributed by atoms with van der Waals surface area (Å²) in [5.74, 6) is 1.61. The maximum Gasteiger partial charge on any atom is 0.193 e. The Morgan fingerprint density at radius 2 is 2.15 bits per heavy atom. The number of nitrogens with one attached hydrogen (secondary N) is 1. The second kappa shape index (κ2) is 9.98. The Bertz CT molecular complexity index is 820. The molecule has 3 aromatic rings. The molecule has 0 bridgehead atoms. The average Bonchev–Trinajstić information content (AvgIpc) is 3.19. The van der Waals surface area contributed by atoms with Crippen LogP contribution in [0, 0.1) is 0 Å². The van der Waals surface area contributed by atoms with Gasteiger partial charge >= 0.3 is 0 Å². The van der Waals surface area contributed by atoms with Crippen molar-refractivity contribution < 1.29 is 4.74 Å². The minimum Gasteiger partial charge on any atom is -0.492 e. The number of hydrogen-bond acceptors (Lipinski definition) is 4. The SMILES string of the molecule is CN=C(NCc1cn2ccsc2n1)N(C)CCOc1ccc(Cl)cc1.I. The lowest BCUT2D eigenvalue weighted by Crippen LogP contribution is -2.40. The van der Waals surface area contributed by atoms with Crippen LogP contribution in [0.5, 0.6) is 5.75 Å². The summed E-state index contributed by atoms with van der Waals surface area (Å²) >= 11 is 7.49. The lowest BCUT2D eigenvalue weighted by molar-refractivity contribution is 0.281. The van der Waals surface area contributed by atoms with Crippen LogP contribution in [0.25, 0.3) is 4.96 Å². The molecule has 2 heterocycles. The molecule has 0 unspecified atom stereocenters. The minimum atomic E-state index is 0. The summed E-state index contributed by atoms with van der Waals surface area (Å²) in [5, 5.41) is 6.05. The number of thiazole rings is 1. The van der Waals surface area contributed by atoms with E-state index in [2.05, 4.69) is 15.3 Å². The number of aromatic nitrogens is 2. The first-order chi connectivity index (χ1) is 12.2. The molecule has 0 aliphatic heterocycles. The summed E-state index contributed by atoms with van der Waals surface area (Å²) in [5.41, 5.74) is 0.985. The Kier molecular flexibility index (Phi) is 7.98. The van der Waals surface area contributed by atoms with Gasteiger partial charge in [-0.3, -0.25) is 9.39 Å². The van der Waals surface area contributed by atoms with Crippen molar-refractivity contribution in [2.75, 3.05) is 27.2 Å². The number of benzene rings is 1. The van der Waals surface area contributed by atoms with Crippen molar-refractivity contribution in [3.05, 3.63) is 52.8 Å². The first kappa shape index (κ1) is 20.8. The standard InChI is InChI=1S/C17H20ClN5OS.HI/c1-19-16(20-11-14-12-23-8-10-25-17(23)21-14)22(2)7-9-24-15-5-3-13(18)4-6-15;/h3-6,8,10,12H,7,9,11H2,1-2H3,(H,19,20);1H. The molecule has 3 rings (SSSR count). The van der Waals surface area contributed by atoms with Gasteiger partial charge < -0.3 is 15.0 Å². The van der Waals surface area contributed by atoms with Gasteiger partial charge in [-0.25, -0.2) is 4.98 Å². The number of nitrogens with zero attached hydrogens (tertiary/aromatic N) is 4. The van der Waals surface area contributed by atoms with Gasteiger partial charge in [0.1, 0.15) is 12.4 Å².